The van der Waals surface area contributed by atoms with Crippen LogP contribution in [0.25, 0.3) is 0 Å². The van der Waals surface area contributed by atoms with Crippen LogP contribution in [0.2, 0.25) is 10.0 Å². The smallest absolute Gasteiger partial charge is 0.408 e. The lowest BCUT2D eigenvalue weighted by atomic mass is 9.73. The molecule has 0 spiro atoms. The number of carbonyl (C=O) groups is 3. The molecule has 15 nitrogen and oxygen atoms in total. The zero-order valence-electron chi connectivity index (χ0n) is 23.6. The van der Waals surface area contributed by atoms with Gasteiger partial charge in [0, 0.05) is 37.7 Å². The van der Waals surface area contributed by atoms with E-state index in [2.05, 4.69) is 10.6 Å². The molecule has 1 aliphatic heterocycles. The van der Waals surface area contributed by atoms with E-state index in [1.54, 1.807) is 11.4 Å². The lowest BCUT2D eigenvalue weighted by Gasteiger charge is -2.31. The zero-order valence-corrected chi connectivity index (χ0v) is 27.0. The Balaban J connectivity index is 1.84. The molecule has 1 aromatic rings. The number of hydrogen-bond donors (Lipinski definition) is 7. The summed E-state index contributed by atoms with van der Waals surface area (Å²) in [6.07, 6.45) is 0.551. The van der Waals surface area contributed by atoms with E-state index in [1.807, 2.05) is 18.7 Å². The molecule has 0 aliphatic carbocycles. The van der Waals surface area contributed by atoms with E-state index in [0.717, 1.165) is 0 Å². The SMILES string of the molecule is CC(C)CC(NC(=O)CNC(=O)c1cc(Cl)ccc1Cl)B1OCCN(CCCC(=O)NC(P(=O)(O)O)P(=O)(O)O)CCO1. The first kappa shape index (κ1) is 37.6. The maximum Gasteiger partial charge on any atom is 0.480 e. The normalized spacial score (nSPS) is 16.0. The van der Waals surface area contributed by atoms with Gasteiger partial charge in [0.05, 0.1) is 23.1 Å². The Labute approximate surface area is 259 Å². The topological polar surface area (TPSA) is 224 Å². The van der Waals surface area contributed by atoms with E-state index in [-0.39, 0.29) is 49.1 Å². The molecule has 1 heterocycles. The van der Waals surface area contributed by atoms with Crippen molar-refractivity contribution in [2.45, 2.75) is 44.6 Å². The predicted molar refractivity (Wildman–Crippen MR) is 160 cm³/mol. The third kappa shape index (κ3) is 13.5. The fourth-order valence-corrected chi connectivity index (χ4v) is 6.75. The number of rotatable bonds is 14. The molecule has 1 aliphatic rings. The monoisotopic (exact) mass is 688 g/mol. The van der Waals surface area contributed by atoms with Crippen molar-refractivity contribution < 1.29 is 52.4 Å². The van der Waals surface area contributed by atoms with Crippen LogP contribution in [0.1, 0.15) is 43.5 Å². The largest absolute Gasteiger partial charge is 0.480 e. The molecule has 43 heavy (non-hydrogen) atoms. The van der Waals surface area contributed by atoms with Crippen LogP contribution >= 0.6 is 38.4 Å². The maximum atomic E-state index is 12.7. The van der Waals surface area contributed by atoms with Gasteiger partial charge >= 0.3 is 22.3 Å². The molecule has 7 N–H and O–H groups in total. The summed E-state index contributed by atoms with van der Waals surface area (Å²) in [6, 6.07) is 4.43. The number of benzene rings is 1. The van der Waals surface area contributed by atoms with Crippen LogP contribution in [-0.2, 0) is 28.0 Å². The van der Waals surface area contributed by atoms with Crippen LogP contribution in [0.5, 0.6) is 0 Å². The molecule has 3 amide bonds. The van der Waals surface area contributed by atoms with Gasteiger partial charge in [-0.3, -0.25) is 28.4 Å². The van der Waals surface area contributed by atoms with E-state index in [1.165, 1.54) is 12.1 Å². The van der Waals surface area contributed by atoms with Crippen LogP contribution in [0.4, 0.5) is 0 Å². The average molecular weight is 689 g/mol. The molecule has 1 fully saturated rings. The molecule has 1 aromatic carbocycles. The molecule has 0 saturated carbocycles. The van der Waals surface area contributed by atoms with Crippen LogP contribution < -0.4 is 16.0 Å². The molecule has 1 saturated heterocycles. The highest BCUT2D eigenvalue weighted by Gasteiger charge is 2.44. The summed E-state index contributed by atoms with van der Waals surface area (Å²) in [5.74, 6) is -2.24. The predicted octanol–water partition coefficient (Wildman–Crippen LogP) is 1.17. The van der Waals surface area contributed by atoms with Crippen LogP contribution in [0.3, 0.4) is 0 Å². The number of hydrogen-bond acceptors (Lipinski definition) is 8. The number of amides is 3. The molecule has 0 bridgehead atoms. The minimum absolute atomic E-state index is 0.143. The molecule has 2 rings (SSSR count). The summed E-state index contributed by atoms with van der Waals surface area (Å²) < 4.78 is 34.5. The highest BCUT2D eigenvalue weighted by Crippen LogP contribution is 2.58. The number of nitrogens with zero attached hydrogens (tertiary/aromatic N) is 1. The summed E-state index contributed by atoms with van der Waals surface area (Å²) in [5, 5.41) is 7.64. The Morgan fingerprint density at radius 2 is 1.60 bits per heavy atom. The third-order valence-corrected chi connectivity index (χ3v) is 10.1. The fourth-order valence-electron chi connectivity index (χ4n) is 4.19. The number of halogens is 2. The van der Waals surface area contributed by atoms with Gasteiger partial charge in [0.1, 0.15) is 0 Å². The van der Waals surface area contributed by atoms with Gasteiger partial charge in [-0.1, -0.05) is 37.0 Å². The molecule has 20 heteroatoms. The minimum Gasteiger partial charge on any atom is -0.408 e. The van der Waals surface area contributed by atoms with Crippen molar-refractivity contribution in [2.75, 3.05) is 39.4 Å². The Morgan fingerprint density at radius 1 is 1.00 bits per heavy atom. The average Bonchev–Trinajstić information content (AvgIpc) is 2.86. The van der Waals surface area contributed by atoms with Crippen molar-refractivity contribution >= 4 is 63.2 Å². The quantitative estimate of drug-likeness (QED) is 0.108. The Bertz CT molecular complexity index is 1190. The second-order valence-electron chi connectivity index (χ2n) is 10.3. The lowest BCUT2D eigenvalue weighted by Crippen LogP contribution is -2.54. The van der Waals surface area contributed by atoms with Gasteiger partial charge in [-0.05, 0) is 43.5 Å². The first-order valence-electron chi connectivity index (χ1n) is 13.3. The highest BCUT2D eigenvalue weighted by molar-refractivity contribution is 7.70. The van der Waals surface area contributed by atoms with Gasteiger partial charge in [-0.15, -0.1) is 0 Å². The van der Waals surface area contributed by atoms with Crippen molar-refractivity contribution in [2.24, 2.45) is 5.92 Å². The van der Waals surface area contributed by atoms with Crippen molar-refractivity contribution in [1.29, 1.82) is 0 Å². The van der Waals surface area contributed by atoms with Gasteiger partial charge in [-0.2, -0.15) is 0 Å². The van der Waals surface area contributed by atoms with Gasteiger partial charge in [0.2, 0.25) is 17.3 Å². The minimum atomic E-state index is -5.27. The molecule has 0 aromatic heterocycles. The van der Waals surface area contributed by atoms with Crippen LogP contribution in [-0.4, -0.2) is 100 Å². The number of carbonyl (C=O) groups excluding carboxylic acids is 3. The van der Waals surface area contributed by atoms with Crippen LogP contribution in [0.15, 0.2) is 18.2 Å². The van der Waals surface area contributed by atoms with E-state index in [4.69, 9.17) is 52.1 Å². The third-order valence-electron chi connectivity index (χ3n) is 6.17. The second-order valence-corrected chi connectivity index (χ2v) is 14.9. The second kappa shape index (κ2) is 17.2. The molecule has 0 radical (unpaired) electrons. The van der Waals surface area contributed by atoms with Crippen molar-refractivity contribution in [3.63, 3.8) is 0 Å². The molecule has 242 valence electrons. The zero-order chi connectivity index (χ0) is 32.4. The molecular formula is C23H37BCl2N4O11P2. The Hall–Kier alpha value is -1.55. The first-order chi connectivity index (χ1) is 20.0. The molecule has 1 atom stereocenters. The molecular weight excluding hydrogens is 652 g/mol. The maximum absolute atomic E-state index is 12.7. The summed E-state index contributed by atoms with van der Waals surface area (Å²) in [5.41, 5.74) is -2.45. The summed E-state index contributed by atoms with van der Waals surface area (Å²) in [7, 11) is -11.3. The van der Waals surface area contributed by atoms with Gasteiger partial charge in [0.25, 0.3) is 5.91 Å². The fraction of sp³-hybridized carbons (Fsp3) is 0.609. The van der Waals surface area contributed by atoms with Crippen molar-refractivity contribution in [3.8, 4) is 0 Å². The molecule has 1 unspecified atom stereocenters. The van der Waals surface area contributed by atoms with Gasteiger partial charge in [-0.25, -0.2) is 0 Å². The summed E-state index contributed by atoms with van der Waals surface area (Å²) >= 11 is 12.0. The number of nitrogens with one attached hydrogen (secondary N) is 3. The highest BCUT2D eigenvalue weighted by atomic mass is 35.5. The first-order valence-corrected chi connectivity index (χ1v) is 17.5. The standard InChI is InChI=1S/C23H37BCl2N4O11P2/c1-15(2)12-19(28-21(32)14-27-22(33)17-13-16(25)5-6-18(17)26)24-40-10-8-30(9-11-41-24)7-3-4-20(31)29-23(42(34,35)36)43(37,38)39/h5-6,13,15,19,23H,3-4,7-12,14H2,1-2H3,(H,27,33)(H,28,32)(H,29,31)(H2,34,35,36)(H2,37,38,39). The van der Waals surface area contributed by atoms with Crippen LogP contribution in [0, 0.1) is 5.92 Å². The van der Waals surface area contributed by atoms with Gasteiger partial charge in [0.15, 0.2) is 0 Å². The summed E-state index contributed by atoms with van der Waals surface area (Å²) in [6.45, 7) is 5.38. The van der Waals surface area contributed by atoms with E-state index in [0.29, 0.717) is 31.1 Å². The van der Waals surface area contributed by atoms with Gasteiger partial charge < -0.3 is 44.8 Å². The van der Waals surface area contributed by atoms with E-state index in [9.17, 15) is 23.5 Å². The van der Waals surface area contributed by atoms with E-state index < -0.39 is 51.5 Å². The summed E-state index contributed by atoms with van der Waals surface area (Å²) in [4.78, 5) is 75.7. The van der Waals surface area contributed by atoms with Crippen molar-refractivity contribution in [1.82, 2.24) is 20.9 Å². The van der Waals surface area contributed by atoms with E-state index >= 15 is 0 Å². The van der Waals surface area contributed by atoms with Crippen molar-refractivity contribution in [3.05, 3.63) is 33.8 Å². The lowest BCUT2D eigenvalue weighted by molar-refractivity contribution is -0.121. The Morgan fingerprint density at radius 3 is 2.16 bits per heavy atom. The Kier molecular flexibility index (Phi) is 15.1.